The number of para-hydroxylation sites is 1. The van der Waals surface area contributed by atoms with Gasteiger partial charge in [0.2, 0.25) is 5.95 Å². The first kappa shape index (κ1) is 35.2. The Kier molecular flexibility index (Phi) is 10.0. The van der Waals surface area contributed by atoms with Crippen molar-refractivity contribution in [3.8, 4) is 0 Å². The zero-order valence-electron chi connectivity index (χ0n) is 30.5. The highest BCUT2D eigenvalue weighted by atomic mass is 35.5. The van der Waals surface area contributed by atoms with Crippen LogP contribution in [-0.4, -0.2) is 53.5 Å². The van der Waals surface area contributed by atoms with Crippen molar-refractivity contribution in [2.45, 2.75) is 44.4 Å². The van der Waals surface area contributed by atoms with Crippen LogP contribution < -0.4 is 31.1 Å². The summed E-state index contributed by atoms with van der Waals surface area (Å²) in [5.74, 6) is 1.69. The predicted molar refractivity (Wildman–Crippen MR) is 217 cm³/mol. The number of nitrogens with one attached hydrogen (secondary N) is 4. The SMILES string of the molecule is C=C(CCC1=Cc2cc(Nc3nc(NC[C@H]4CCCN(c5cccc6c(C7CCC(=C)NC7=C)nn(C)c56)C4)ncc3Cl)ccc2N(C)C1=C)NC. The second kappa shape index (κ2) is 14.8. The van der Waals surface area contributed by atoms with Gasteiger partial charge in [0.1, 0.15) is 5.02 Å². The van der Waals surface area contributed by atoms with E-state index in [-0.39, 0.29) is 5.92 Å². The molecule has 2 fully saturated rings. The standard InChI is InChI=1S/C41H49ClN10/c1-25(43-5)13-15-30-20-31-21-32(16-18-36(31)50(6)28(30)4)47-40-35(42)23-45-41(48-40)44-22-29-10-9-19-52(24-29)37-12-8-11-34-38(49-51(7)39(34)37)33-17-14-26(2)46-27(33)3/h8,11-12,16,18,20-21,23,29,33,43,46H,1-4,9-10,13-15,17,19,22,24H2,5-7H3,(H2,44,45,47,48)/t29-,33?/m1/s1. The van der Waals surface area contributed by atoms with E-state index >= 15 is 0 Å². The summed E-state index contributed by atoms with van der Waals surface area (Å²) in [6.45, 7) is 19.5. The van der Waals surface area contributed by atoms with Gasteiger partial charge in [0, 0.05) is 91.8 Å². The van der Waals surface area contributed by atoms with Crippen molar-refractivity contribution >= 4 is 57.4 Å². The number of benzene rings is 2. The quantitative estimate of drug-likeness (QED) is 0.122. The molecular weight excluding hydrogens is 668 g/mol. The van der Waals surface area contributed by atoms with E-state index in [1.165, 1.54) is 22.2 Å². The zero-order valence-corrected chi connectivity index (χ0v) is 31.3. The summed E-state index contributed by atoms with van der Waals surface area (Å²) < 4.78 is 2.05. The first-order valence-corrected chi connectivity index (χ1v) is 18.5. The van der Waals surface area contributed by atoms with Crippen LogP contribution in [0.4, 0.5) is 28.8 Å². The normalized spacial score (nSPS) is 18.9. The number of halogens is 1. The maximum Gasteiger partial charge on any atom is 0.224 e. The number of hydrogen-bond donors (Lipinski definition) is 4. The molecule has 2 aromatic heterocycles. The van der Waals surface area contributed by atoms with Gasteiger partial charge >= 0.3 is 0 Å². The number of hydrogen-bond acceptors (Lipinski definition) is 9. The number of aryl methyl sites for hydroxylation is 1. The van der Waals surface area contributed by atoms with E-state index in [9.17, 15) is 0 Å². The minimum atomic E-state index is 0.167. The topological polar surface area (TPSA) is 98.2 Å². The fraction of sp³-hybridized carbons (Fsp3) is 0.341. The molecule has 10 nitrogen and oxygen atoms in total. The molecule has 2 aromatic carbocycles. The molecule has 4 N–H and O–H groups in total. The first-order chi connectivity index (χ1) is 25.1. The fourth-order valence-corrected chi connectivity index (χ4v) is 7.84. The molecule has 3 aliphatic heterocycles. The molecule has 2 atom stereocenters. The Balaban J connectivity index is 1.03. The lowest BCUT2D eigenvalue weighted by Crippen LogP contribution is -2.38. The van der Waals surface area contributed by atoms with Crippen LogP contribution >= 0.6 is 11.6 Å². The van der Waals surface area contributed by atoms with Gasteiger partial charge in [-0.25, -0.2) is 4.98 Å². The van der Waals surface area contributed by atoms with Crippen LogP contribution in [0.5, 0.6) is 0 Å². The molecular formula is C41H49ClN10. The van der Waals surface area contributed by atoms with Crippen molar-refractivity contribution in [3.63, 3.8) is 0 Å². The van der Waals surface area contributed by atoms with Crippen LogP contribution in [0.25, 0.3) is 17.0 Å². The Morgan fingerprint density at radius 2 is 1.94 bits per heavy atom. The highest BCUT2D eigenvalue weighted by Gasteiger charge is 2.28. The van der Waals surface area contributed by atoms with Crippen molar-refractivity contribution in [1.29, 1.82) is 0 Å². The number of aromatic nitrogens is 4. The summed E-state index contributed by atoms with van der Waals surface area (Å²) in [5.41, 5.74) is 11.8. The maximum atomic E-state index is 6.61. The highest BCUT2D eigenvalue weighted by molar-refractivity contribution is 6.32. The molecule has 0 saturated carbocycles. The Bertz CT molecular complexity index is 2090. The number of anilines is 5. The fourth-order valence-electron chi connectivity index (χ4n) is 7.70. The smallest absolute Gasteiger partial charge is 0.224 e. The third-order valence-corrected chi connectivity index (χ3v) is 10.9. The van der Waals surface area contributed by atoms with Crippen LogP contribution in [0.15, 0.2) is 97.3 Å². The zero-order chi connectivity index (χ0) is 36.5. The van der Waals surface area contributed by atoms with E-state index in [4.69, 9.17) is 21.7 Å². The molecule has 2 saturated heterocycles. The Labute approximate surface area is 312 Å². The second-order valence-corrected chi connectivity index (χ2v) is 14.6. The van der Waals surface area contributed by atoms with Gasteiger partial charge in [-0.1, -0.05) is 50.0 Å². The summed E-state index contributed by atoms with van der Waals surface area (Å²) in [6, 6.07) is 12.8. The molecule has 1 unspecified atom stereocenters. The lowest BCUT2D eigenvalue weighted by Gasteiger charge is -2.35. The molecule has 270 valence electrons. The Morgan fingerprint density at radius 3 is 2.75 bits per heavy atom. The van der Waals surface area contributed by atoms with Crippen LogP contribution in [0.2, 0.25) is 5.02 Å². The molecule has 0 bridgehead atoms. The summed E-state index contributed by atoms with van der Waals surface area (Å²) in [6.07, 6.45) is 9.70. The Morgan fingerprint density at radius 1 is 1.10 bits per heavy atom. The van der Waals surface area contributed by atoms with Gasteiger partial charge in [-0.3, -0.25) is 4.68 Å². The largest absolute Gasteiger partial charge is 0.392 e. The van der Waals surface area contributed by atoms with Gasteiger partial charge in [0.05, 0.1) is 23.1 Å². The van der Waals surface area contributed by atoms with Crippen LogP contribution in [-0.2, 0) is 7.05 Å². The van der Waals surface area contributed by atoms with E-state index in [1.54, 1.807) is 6.20 Å². The summed E-state index contributed by atoms with van der Waals surface area (Å²) in [7, 11) is 6.01. The van der Waals surface area contributed by atoms with Gasteiger partial charge in [-0.05, 0) is 80.4 Å². The number of likely N-dealkylation sites (N-methyl/N-ethyl adjacent to an activating group) is 1. The highest BCUT2D eigenvalue weighted by Crippen LogP contribution is 2.40. The number of allylic oxidation sites excluding steroid dienone is 4. The van der Waals surface area contributed by atoms with Crippen molar-refractivity contribution in [3.05, 3.63) is 114 Å². The van der Waals surface area contributed by atoms with Gasteiger partial charge in [-0.2, -0.15) is 10.1 Å². The van der Waals surface area contributed by atoms with Crippen molar-refractivity contribution < 1.29 is 0 Å². The van der Waals surface area contributed by atoms with Gasteiger partial charge in [0.15, 0.2) is 5.82 Å². The third kappa shape index (κ3) is 7.12. The molecule has 0 radical (unpaired) electrons. The van der Waals surface area contributed by atoms with Gasteiger partial charge < -0.3 is 31.1 Å². The van der Waals surface area contributed by atoms with Crippen molar-refractivity contribution in [2.75, 3.05) is 54.2 Å². The van der Waals surface area contributed by atoms with Crippen LogP contribution in [0.3, 0.4) is 0 Å². The van der Waals surface area contributed by atoms with E-state index in [0.717, 1.165) is 104 Å². The predicted octanol–water partition coefficient (Wildman–Crippen LogP) is 8.44. The number of fused-ring (bicyclic) bond motifs is 2. The summed E-state index contributed by atoms with van der Waals surface area (Å²) >= 11 is 6.61. The van der Waals surface area contributed by atoms with Crippen LogP contribution in [0, 0.1) is 5.92 Å². The first-order valence-electron chi connectivity index (χ1n) is 18.1. The molecule has 7 rings (SSSR count). The average molecular weight is 717 g/mol. The van der Waals surface area contributed by atoms with Gasteiger partial charge in [0.25, 0.3) is 0 Å². The monoisotopic (exact) mass is 716 g/mol. The third-order valence-electron chi connectivity index (χ3n) is 10.7. The minimum Gasteiger partial charge on any atom is -0.392 e. The molecule has 11 heteroatoms. The molecule has 0 amide bonds. The van der Waals surface area contributed by atoms with E-state index in [0.29, 0.717) is 22.7 Å². The lowest BCUT2D eigenvalue weighted by molar-refractivity contribution is 0.432. The molecule has 3 aliphatic rings. The van der Waals surface area contributed by atoms with E-state index in [1.807, 2.05) is 17.8 Å². The second-order valence-electron chi connectivity index (χ2n) is 14.2. The van der Waals surface area contributed by atoms with E-state index in [2.05, 4.69) is 113 Å². The van der Waals surface area contributed by atoms with Gasteiger partial charge in [-0.15, -0.1) is 0 Å². The Hall–Kier alpha value is -5.22. The molecule has 52 heavy (non-hydrogen) atoms. The molecule has 5 heterocycles. The molecule has 4 aromatic rings. The molecule has 0 spiro atoms. The summed E-state index contributed by atoms with van der Waals surface area (Å²) in [4.78, 5) is 14.0. The average Bonchev–Trinajstić information content (AvgIpc) is 3.48. The molecule has 0 aliphatic carbocycles. The van der Waals surface area contributed by atoms with E-state index < -0.39 is 0 Å². The lowest BCUT2D eigenvalue weighted by atomic mass is 9.90. The van der Waals surface area contributed by atoms with Crippen molar-refractivity contribution in [1.82, 2.24) is 30.4 Å². The number of nitrogens with zero attached hydrogens (tertiary/aromatic N) is 6. The summed E-state index contributed by atoms with van der Waals surface area (Å²) in [5, 5.41) is 20.1. The number of piperidine rings is 2. The number of rotatable bonds is 11. The van der Waals surface area contributed by atoms with Crippen molar-refractivity contribution in [2.24, 2.45) is 13.0 Å². The maximum absolute atomic E-state index is 6.61. The van der Waals surface area contributed by atoms with Crippen LogP contribution in [0.1, 0.15) is 55.7 Å². The minimum absolute atomic E-state index is 0.167.